The average Bonchev–Trinajstić information content (AvgIpc) is 2.45. The van der Waals surface area contributed by atoms with Crippen molar-refractivity contribution in [1.82, 2.24) is 10.6 Å². The fraction of sp³-hybridized carbons (Fsp3) is 0.600. The van der Waals surface area contributed by atoms with Crippen LogP contribution in [0.3, 0.4) is 0 Å². The first-order valence-electron chi connectivity index (χ1n) is 7.12. The Balaban J connectivity index is 1.79. The predicted octanol–water partition coefficient (Wildman–Crippen LogP) is 1.94. The molecule has 0 fully saturated rings. The summed E-state index contributed by atoms with van der Waals surface area (Å²) in [6, 6.07) is 6.60. The maximum atomic E-state index is 5.59. The van der Waals surface area contributed by atoms with Crippen molar-refractivity contribution in [2.24, 2.45) is 0 Å². The number of ether oxygens (including phenoxy) is 2. The quantitative estimate of drug-likeness (QED) is 0.739. The molecular formula is C15H24N2O2. The molecule has 0 radical (unpaired) electrons. The van der Waals surface area contributed by atoms with Crippen LogP contribution in [0, 0.1) is 0 Å². The van der Waals surface area contributed by atoms with Gasteiger partial charge in [0.05, 0.1) is 0 Å². The van der Waals surface area contributed by atoms with Gasteiger partial charge in [0.1, 0.15) is 13.2 Å². The third-order valence-electron chi connectivity index (χ3n) is 3.14. The minimum atomic E-state index is 0.458. The molecule has 2 N–H and O–H groups in total. The lowest BCUT2D eigenvalue weighted by molar-refractivity contribution is 0.171. The van der Waals surface area contributed by atoms with Crippen molar-refractivity contribution < 1.29 is 9.47 Å². The Labute approximate surface area is 115 Å². The molecule has 1 atom stereocenters. The zero-order valence-electron chi connectivity index (χ0n) is 11.9. The van der Waals surface area contributed by atoms with E-state index in [1.165, 1.54) is 12.0 Å². The topological polar surface area (TPSA) is 42.5 Å². The van der Waals surface area contributed by atoms with Gasteiger partial charge in [-0.15, -0.1) is 0 Å². The van der Waals surface area contributed by atoms with Crippen molar-refractivity contribution in [1.29, 1.82) is 0 Å². The maximum absolute atomic E-state index is 5.59. The molecule has 1 unspecified atom stereocenters. The van der Waals surface area contributed by atoms with Gasteiger partial charge in [-0.3, -0.25) is 0 Å². The molecule has 106 valence electrons. The van der Waals surface area contributed by atoms with Crippen molar-refractivity contribution in [2.45, 2.75) is 32.9 Å². The maximum Gasteiger partial charge on any atom is 0.161 e. The van der Waals surface area contributed by atoms with Crippen molar-refractivity contribution in [3.63, 3.8) is 0 Å². The van der Waals surface area contributed by atoms with Gasteiger partial charge in [0.2, 0.25) is 0 Å². The molecule has 1 aromatic carbocycles. The van der Waals surface area contributed by atoms with E-state index in [0.29, 0.717) is 19.3 Å². The van der Waals surface area contributed by atoms with Crippen LogP contribution in [0.4, 0.5) is 0 Å². The molecule has 4 heteroatoms. The fourth-order valence-electron chi connectivity index (χ4n) is 2.06. The van der Waals surface area contributed by atoms with Gasteiger partial charge in [0, 0.05) is 19.1 Å². The molecule has 0 aliphatic carbocycles. The summed E-state index contributed by atoms with van der Waals surface area (Å²) in [6.45, 7) is 8.59. The molecular weight excluding hydrogens is 240 g/mol. The molecule has 0 spiro atoms. The first-order valence-corrected chi connectivity index (χ1v) is 7.12. The Kier molecular flexibility index (Phi) is 5.48. The van der Waals surface area contributed by atoms with E-state index in [9.17, 15) is 0 Å². The number of nitrogens with one attached hydrogen (secondary N) is 2. The van der Waals surface area contributed by atoms with Crippen LogP contribution in [-0.2, 0) is 6.54 Å². The molecule has 0 saturated heterocycles. The molecule has 2 rings (SSSR count). The second-order valence-corrected chi connectivity index (χ2v) is 4.96. The van der Waals surface area contributed by atoms with Crippen molar-refractivity contribution in [2.75, 3.05) is 26.3 Å². The number of hydrogen-bond donors (Lipinski definition) is 2. The Morgan fingerprint density at radius 1 is 1.21 bits per heavy atom. The highest BCUT2D eigenvalue weighted by Crippen LogP contribution is 2.30. The fourth-order valence-corrected chi connectivity index (χ4v) is 2.06. The highest BCUT2D eigenvalue weighted by Gasteiger charge is 2.11. The van der Waals surface area contributed by atoms with Crippen LogP contribution in [0.2, 0.25) is 0 Å². The van der Waals surface area contributed by atoms with Gasteiger partial charge in [0.15, 0.2) is 11.5 Å². The number of benzene rings is 1. The number of fused-ring (bicyclic) bond motifs is 1. The smallest absolute Gasteiger partial charge is 0.161 e. The van der Waals surface area contributed by atoms with E-state index >= 15 is 0 Å². The van der Waals surface area contributed by atoms with Crippen molar-refractivity contribution in [3.05, 3.63) is 23.8 Å². The van der Waals surface area contributed by atoms with Crippen LogP contribution in [0.5, 0.6) is 11.5 Å². The van der Waals surface area contributed by atoms with Gasteiger partial charge in [-0.1, -0.05) is 13.0 Å². The van der Waals surface area contributed by atoms with Gasteiger partial charge < -0.3 is 20.1 Å². The number of hydrogen-bond acceptors (Lipinski definition) is 4. The molecule has 1 aliphatic heterocycles. The molecule has 1 aromatic rings. The summed E-state index contributed by atoms with van der Waals surface area (Å²) < 4.78 is 11.1. The van der Waals surface area contributed by atoms with Crippen LogP contribution < -0.4 is 20.1 Å². The second kappa shape index (κ2) is 7.36. The monoisotopic (exact) mass is 264 g/mol. The largest absolute Gasteiger partial charge is 0.486 e. The van der Waals surface area contributed by atoms with Crippen LogP contribution in [0.1, 0.15) is 25.8 Å². The minimum Gasteiger partial charge on any atom is -0.486 e. The molecule has 1 aliphatic rings. The number of rotatable bonds is 7. The molecule has 0 bridgehead atoms. The van der Waals surface area contributed by atoms with Crippen molar-refractivity contribution >= 4 is 0 Å². The van der Waals surface area contributed by atoms with Crippen LogP contribution in [0.25, 0.3) is 0 Å². The van der Waals surface area contributed by atoms with Crippen LogP contribution in [-0.4, -0.2) is 32.3 Å². The first kappa shape index (κ1) is 14.2. The van der Waals surface area contributed by atoms with Gasteiger partial charge in [0.25, 0.3) is 0 Å². The van der Waals surface area contributed by atoms with Gasteiger partial charge in [-0.05, 0) is 37.6 Å². The molecule has 0 saturated carbocycles. The third-order valence-corrected chi connectivity index (χ3v) is 3.14. The molecule has 0 amide bonds. The Hall–Kier alpha value is -1.26. The lowest BCUT2D eigenvalue weighted by Gasteiger charge is -2.19. The van der Waals surface area contributed by atoms with E-state index in [0.717, 1.165) is 31.1 Å². The van der Waals surface area contributed by atoms with Crippen LogP contribution >= 0.6 is 0 Å². The van der Waals surface area contributed by atoms with Gasteiger partial charge >= 0.3 is 0 Å². The minimum absolute atomic E-state index is 0.458. The summed E-state index contributed by atoms with van der Waals surface area (Å²) in [6.07, 6.45) is 1.18. The van der Waals surface area contributed by atoms with Crippen molar-refractivity contribution in [3.8, 4) is 11.5 Å². The van der Waals surface area contributed by atoms with E-state index in [1.807, 2.05) is 6.07 Å². The standard InChI is InChI=1S/C15H24N2O2/c1-3-6-16-10-12(2)17-11-13-4-5-14-15(9-13)19-8-7-18-14/h4-5,9,12,16-17H,3,6-8,10-11H2,1-2H3. The van der Waals surface area contributed by atoms with Gasteiger partial charge in [-0.2, -0.15) is 0 Å². The highest BCUT2D eigenvalue weighted by atomic mass is 16.6. The third kappa shape index (κ3) is 4.40. The van der Waals surface area contributed by atoms with Gasteiger partial charge in [-0.25, -0.2) is 0 Å². The lowest BCUT2D eigenvalue weighted by Crippen LogP contribution is -2.36. The van der Waals surface area contributed by atoms with E-state index in [4.69, 9.17) is 9.47 Å². The average molecular weight is 264 g/mol. The van der Waals surface area contributed by atoms with E-state index in [2.05, 4.69) is 36.6 Å². The highest BCUT2D eigenvalue weighted by molar-refractivity contribution is 5.43. The Bertz CT molecular complexity index is 396. The van der Waals surface area contributed by atoms with E-state index in [-0.39, 0.29) is 0 Å². The van der Waals surface area contributed by atoms with E-state index in [1.54, 1.807) is 0 Å². The molecule has 0 aromatic heterocycles. The van der Waals surface area contributed by atoms with Crippen LogP contribution in [0.15, 0.2) is 18.2 Å². The predicted molar refractivity (Wildman–Crippen MR) is 76.9 cm³/mol. The zero-order chi connectivity index (χ0) is 13.5. The van der Waals surface area contributed by atoms with E-state index < -0.39 is 0 Å². The second-order valence-electron chi connectivity index (χ2n) is 4.96. The first-order chi connectivity index (χ1) is 9.29. The Morgan fingerprint density at radius 2 is 2.00 bits per heavy atom. The molecule has 1 heterocycles. The summed E-state index contributed by atoms with van der Waals surface area (Å²) in [5.41, 5.74) is 1.23. The normalized spacial score (nSPS) is 15.3. The summed E-state index contributed by atoms with van der Waals surface area (Å²) in [7, 11) is 0. The summed E-state index contributed by atoms with van der Waals surface area (Å²) in [5, 5.41) is 6.92. The summed E-state index contributed by atoms with van der Waals surface area (Å²) >= 11 is 0. The molecule has 19 heavy (non-hydrogen) atoms. The summed E-state index contributed by atoms with van der Waals surface area (Å²) in [4.78, 5) is 0. The Morgan fingerprint density at radius 3 is 2.79 bits per heavy atom. The lowest BCUT2D eigenvalue weighted by atomic mass is 10.2. The summed E-state index contributed by atoms with van der Waals surface area (Å²) in [5.74, 6) is 1.72. The molecule has 4 nitrogen and oxygen atoms in total. The zero-order valence-corrected chi connectivity index (χ0v) is 11.9. The SMILES string of the molecule is CCCNCC(C)NCc1ccc2c(c1)OCCO2.